The number of nitrogens with zero attached hydrogens (tertiary/aromatic N) is 2. The third-order valence-corrected chi connectivity index (χ3v) is 6.99. The number of alkyl halides is 3. The number of hydrogen-bond acceptors (Lipinski definition) is 7. The Morgan fingerprint density at radius 1 is 1.23 bits per heavy atom. The van der Waals surface area contributed by atoms with Gasteiger partial charge in [-0.25, -0.2) is 14.4 Å². The van der Waals surface area contributed by atoms with Crippen LogP contribution >= 0.6 is 34.3 Å². The lowest BCUT2D eigenvalue weighted by molar-refractivity contribution is -0.140. The molecule has 0 bridgehead atoms. The molecule has 3 aromatic rings. The molecule has 0 saturated heterocycles. The minimum Gasteiger partial charge on any atom is -0.384 e. The number of thiazole rings is 2. The molecule has 2 aromatic heterocycles. The molecular formula is C21H19ClF4N4O3S2. The fourth-order valence-electron chi connectivity index (χ4n) is 2.99. The van der Waals surface area contributed by atoms with Gasteiger partial charge in [0.15, 0.2) is 0 Å². The zero-order valence-electron chi connectivity index (χ0n) is 18.0. The van der Waals surface area contributed by atoms with Gasteiger partial charge in [0.2, 0.25) is 5.91 Å². The van der Waals surface area contributed by atoms with Crippen molar-refractivity contribution >= 4 is 46.1 Å². The molecule has 0 fully saturated rings. The van der Waals surface area contributed by atoms with Crippen molar-refractivity contribution in [3.8, 4) is 10.6 Å². The summed E-state index contributed by atoms with van der Waals surface area (Å²) in [6, 6.07) is 1.28. The van der Waals surface area contributed by atoms with E-state index in [1.807, 2.05) is 0 Å². The largest absolute Gasteiger partial charge is 0.389 e. The van der Waals surface area contributed by atoms with Gasteiger partial charge in [-0.05, 0) is 31.5 Å². The Balaban J connectivity index is 1.66. The molecule has 7 nitrogen and oxygen atoms in total. The number of hydrogen-bond donors (Lipinski definition) is 3. The Morgan fingerprint density at radius 3 is 2.63 bits per heavy atom. The molecule has 3 atom stereocenters. The van der Waals surface area contributed by atoms with Crippen LogP contribution in [0.1, 0.15) is 40.5 Å². The molecule has 0 aliphatic carbocycles. The van der Waals surface area contributed by atoms with Crippen LogP contribution in [0.15, 0.2) is 36.0 Å². The number of nitrogens with one attached hydrogen (secondary N) is 2. The maximum absolute atomic E-state index is 13.5. The third-order valence-electron chi connectivity index (χ3n) is 4.78. The van der Waals surface area contributed by atoms with Crippen LogP contribution < -0.4 is 10.6 Å². The van der Waals surface area contributed by atoms with E-state index < -0.39 is 54.8 Å². The molecule has 14 heteroatoms. The predicted molar refractivity (Wildman–Crippen MR) is 124 cm³/mol. The number of benzene rings is 1. The lowest BCUT2D eigenvalue weighted by Crippen LogP contribution is -2.49. The van der Waals surface area contributed by atoms with Gasteiger partial charge in [0.25, 0.3) is 5.91 Å². The molecule has 188 valence electrons. The molecule has 2 amide bonds. The summed E-state index contributed by atoms with van der Waals surface area (Å²) in [5, 5.41) is 17.5. The number of carbonyl (C=O) groups is 2. The van der Waals surface area contributed by atoms with Crippen molar-refractivity contribution in [2.24, 2.45) is 0 Å². The van der Waals surface area contributed by atoms with Crippen molar-refractivity contribution in [1.82, 2.24) is 20.6 Å². The van der Waals surface area contributed by atoms with E-state index >= 15 is 0 Å². The lowest BCUT2D eigenvalue weighted by atomic mass is 10.0. The SMILES string of the molecule is C[C@H](NC(=O)c1cnc(-c2cc(F)ccc2Cl)s1)C(=O)N[C@@H](CCC(F)(F)F)C(O)c1nccs1. The van der Waals surface area contributed by atoms with Gasteiger partial charge in [-0.3, -0.25) is 9.59 Å². The highest BCUT2D eigenvalue weighted by atomic mass is 35.5. The maximum atomic E-state index is 13.5. The fraction of sp³-hybridized carbons (Fsp3) is 0.333. The third kappa shape index (κ3) is 7.43. The maximum Gasteiger partial charge on any atom is 0.389 e. The van der Waals surface area contributed by atoms with E-state index in [1.54, 1.807) is 5.38 Å². The Hall–Kier alpha value is -2.61. The van der Waals surface area contributed by atoms with Gasteiger partial charge in [-0.2, -0.15) is 13.2 Å². The first-order chi connectivity index (χ1) is 16.4. The number of aromatic nitrogens is 2. The summed E-state index contributed by atoms with van der Waals surface area (Å²) in [5.74, 6) is -1.99. The molecule has 0 aliphatic heterocycles. The molecule has 2 heterocycles. The Labute approximate surface area is 210 Å². The van der Waals surface area contributed by atoms with Crippen molar-refractivity contribution in [3.05, 3.63) is 56.7 Å². The summed E-state index contributed by atoms with van der Waals surface area (Å²) in [4.78, 5) is 33.3. The number of rotatable bonds is 9. The average molecular weight is 551 g/mol. The standard InChI is InChI=1S/C21H19ClF4N4O3S2/c1-10(17(32)30-14(4-5-21(24,25)26)16(31)20-27-6-7-34-20)29-18(33)15-9-28-19(35-15)12-8-11(23)2-3-13(12)22/h2-3,6-10,14,16,31H,4-5H2,1H3,(H,29,33)(H,30,32)/t10-,14-,16?/m0/s1. The number of halogens is 5. The number of amides is 2. The second-order valence-electron chi connectivity index (χ2n) is 7.43. The van der Waals surface area contributed by atoms with E-state index in [0.717, 1.165) is 22.7 Å². The van der Waals surface area contributed by atoms with Crippen LogP contribution in [-0.2, 0) is 4.79 Å². The summed E-state index contributed by atoms with van der Waals surface area (Å²) in [6.45, 7) is 1.34. The molecule has 0 aliphatic rings. The van der Waals surface area contributed by atoms with Gasteiger partial charge >= 0.3 is 6.18 Å². The molecule has 3 N–H and O–H groups in total. The van der Waals surface area contributed by atoms with Crippen LogP contribution in [0.3, 0.4) is 0 Å². The summed E-state index contributed by atoms with van der Waals surface area (Å²) in [6.07, 6.45) is -5.13. The average Bonchev–Trinajstić information content (AvgIpc) is 3.49. The van der Waals surface area contributed by atoms with Crippen LogP contribution in [0.5, 0.6) is 0 Å². The highest BCUT2D eigenvalue weighted by molar-refractivity contribution is 7.17. The second-order valence-corrected chi connectivity index (χ2v) is 9.80. The Bertz CT molecular complexity index is 1170. The van der Waals surface area contributed by atoms with Crippen LogP contribution in [0, 0.1) is 5.82 Å². The molecule has 0 radical (unpaired) electrons. The van der Waals surface area contributed by atoms with Crippen LogP contribution in [0.4, 0.5) is 17.6 Å². The van der Waals surface area contributed by atoms with Crippen molar-refractivity contribution < 1.29 is 32.3 Å². The highest BCUT2D eigenvalue weighted by Crippen LogP contribution is 2.32. The minimum absolute atomic E-state index is 0.108. The van der Waals surface area contributed by atoms with Crippen molar-refractivity contribution in [3.63, 3.8) is 0 Å². The van der Waals surface area contributed by atoms with E-state index in [1.165, 1.54) is 37.5 Å². The Morgan fingerprint density at radius 2 is 1.97 bits per heavy atom. The molecule has 35 heavy (non-hydrogen) atoms. The highest BCUT2D eigenvalue weighted by Gasteiger charge is 2.33. The first-order valence-corrected chi connectivity index (χ1v) is 12.2. The topological polar surface area (TPSA) is 104 Å². The van der Waals surface area contributed by atoms with Gasteiger partial charge in [0.1, 0.15) is 32.9 Å². The summed E-state index contributed by atoms with van der Waals surface area (Å²) in [7, 11) is 0. The van der Waals surface area contributed by atoms with Gasteiger partial charge in [-0.1, -0.05) is 11.6 Å². The smallest absolute Gasteiger partial charge is 0.384 e. The summed E-state index contributed by atoms with van der Waals surface area (Å²) < 4.78 is 51.8. The van der Waals surface area contributed by atoms with Gasteiger partial charge in [0.05, 0.1) is 17.3 Å². The molecule has 3 rings (SSSR count). The quantitative estimate of drug-likeness (QED) is 0.334. The van der Waals surface area contributed by atoms with E-state index in [2.05, 4.69) is 20.6 Å². The minimum atomic E-state index is -4.49. The van der Waals surface area contributed by atoms with Crippen molar-refractivity contribution in [1.29, 1.82) is 0 Å². The van der Waals surface area contributed by atoms with Gasteiger partial charge in [0, 0.05) is 23.6 Å². The van der Waals surface area contributed by atoms with Crippen molar-refractivity contribution in [2.45, 2.75) is 44.1 Å². The number of aliphatic hydroxyl groups excluding tert-OH is 1. The van der Waals surface area contributed by atoms with Gasteiger partial charge in [-0.15, -0.1) is 22.7 Å². The fourth-order valence-corrected chi connectivity index (χ4v) is 4.79. The molecular weight excluding hydrogens is 532 g/mol. The van der Waals surface area contributed by atoms with E-state index in [0.29, 0.717) is 5.56 Å². The zero-order valence-corrected chi connectivity index (χ0v) is 20.4. The van der Waals surface area contributed by atoms with Gasteiger partial charge < -0.3 is 15.7 Å². The molecule has 0 saturated carbocycles. The van der Waals surface area contributed by atoms with E-state index in [-0.39, 0.29) is 19.9 Å². The second kappa shape index (κ2) is 11.4. The van der Waals surface area contributed by atoms with Crippen molar-refractivity contribution in [2.75, 3.05) is 0 Å². The molecule has 1 unspecified atom stereocenters. The van der Waals surface area contributed by atoms with Crippen LogP contribution in [-0.4, -0.2) is 45.1 Å². The number of carbonyl (C=O) groups excluding carboxylic acids is 2. The summed E-state index contributed by atoms with van der Waals surface area (Å²) in [5.41, 5.74) is 0.296. The monoisotopic (exact) mass is 550 g/mol. The normalized spacial score (nSPS) is 14.3. The van der Waals surface area contributed by atoms with Crippen LogP contribution in [0.25, 0.3) is 10.6 Å². The predicted octanol–water partition coefficient (Wildman–Crippen LogP) is 4.74. The Kier molecular flexibility index (Phi) is 8.80. The zero-order chi connectivity index (χ0) is 25.8. The first kappa shape index (κ1) is 27.0. The number of aliphatic hydroxyl groups is 1. The van der Waals surface area contributed by atoms with Crippen LogP contribution in [0.2, 0.25) is 5.02 Å². The van der Waals surface area contributed by atoms with E-state index in [9.17, 15) is 32.3 Å². The molecule has 1 aromatic carbocycles. The first-order valence-electron chi connectivity index (χ1n) is 10.1. The summed E-state index contributed by atoms with van der Waals surface area (Å²) >= 11 is 8.02. The van der Waals surface area contributed by atoms with E-state index in [4.69, 9.17) is 11.6 Å². The lowest BCUT2D eigenvalue weighted by Gasteiger charge is -2.25. The molecule has 0 spiro atoms.